The summed E-state index contributed by atoms with van der Waals surface area (Å²) in [6, 6.07) is 5.64. The first-order valence-electron chi connectivity index (χ1n) is 6.56. The lowest BCUT2D eigenvalue weighted by Gasteiger charge is -2.12. The van der Waals surface area contributed by atoms with Crippen LogP contribution in [-0.2, 0) is 25.7 Å². The van der Waals surface area contributed by atoms with E-state index in [-0.39, 0.29) is 25.3 Å². The Bertz CT molecular complexity index is 511. The molecule has 0 spiro atoms. The Morgan fingerprint density at radius 2 is 1.71 bits per heavy atom. The van der Waals surface area contributed by atoms with Gasteiger partial charge in [-0.2, -0.15) is 0 Å². The Morgan fingerprint density at radius 3 is 2.19 bits per heavy atom. The fourth-order valence-corrected chi connectivity index (χ4v) is 1.64. The van der Waals surface area contributed by atoms with Crippen LogP contribution in [0, 0.1) is 16.0 Å². The van der Waals surface area contributed by atoms with Crippen LogP contribution in [0.25, 0.3) is 0 Å². The molecule has 1 aromatic rings. The first-order valence-corrected chi connectivity index (χ1v) is 6.56. The first kappa shape index (κ1) is 16.6. The fraction of sp³-hybridized carbons (Fsp3) is 0.429. The SMILES string of the molecule is CCOC(=O)C(CC)C(=O)OCc1ccc([N+](=O)[O-])cc1. The van der Waals surface area contributed by atoms with Gasteiger partial charge in [0.1, 0.15) is 6.61 Å². The van der Waals surface area contributed by atoms with Gasteiger partial charge in [0, 0.05) is 12.1 Å². The minimum atomic E-state index is -0.942. The van der Waals surface area contributed by atoms with Crippen molar-refractivity contribution in [3.05, 3.63) is 39.9 Å². The number of ether oxygens (including phenoxy) is 2. The number of nitrogens with zero attached hydrogens (tertiary/aromatic N) is 1. The van der Waals surface area contributed by atoms with Gasteiger partial charge in [-0.15, -0.1) is 0 Å². The number of nitro groups is 1. The summed E-state index contributed by atoms with van der Waals surface area (Å²) in [6.07, 6.45) is 0.290. The van der Waals surface area contributed by atoms with E-state index in [1.165, 1.54) is 24.3 Å². The van der Waals surface area contributed by atoms with E-state index in [0.717, 1.165) is 0 Å². The largest absolute Gasteiger partial charge is 0.465 e. The van der Waals surface area contributed by atoms with E-state index in [4.69, 9.17) is 9.47 Å². The number of carbonyl (C=O) groups excluding carboxylic acids is 2. The van der Waals surface area contributed by atoms with Crippen molar-refractivity contribution in [1.29, 1.82) is 0 Å². The number of non-ortho nitro benzene ring substituents is 1. The van der Waals surface area contributed by atoms with E-state index in [0.29, 0.717) is 5.56 Å². The highest BCUT2D eigenvalue weighted by molar-refractivity contribution is 5.94. The highest BCUT2D eigenvalue weighted by Crippen LogP contribution is 2.14. The average molecular weight is 295 g/mol. The van der Waals surface area contributed by atoms with Crippen LogP contribution in [0.5, 0.6) is 0 Å². The molecular formula is C14H17NO6. The van der Waals surface area contributed by atoms with Crippen molar-refractivity contribution in [2.75, 3.05) is 6.61 Å². The van der Waals surface area contributed by atoms with Crippen LogP contribution in [0.3, 0.4) is 0 Å². The van der Waals surface area contributed by atoms with E-state index in [2.05, 4.69) is 0 Å². The topological polar surface area (TPSA) is 95.7 Å². The highest BCUT2D eigenvalue weighted by atomic mass is 16.6. The Balaban J connectivity index is 2.58. The van der Waals surface area contributed by atoms with Crippen molar-refractivity contribution in [2.45, 2.75) is 26.9 Å². The summed E-state index contributed by atoms with van der Waals surface area (Å²) in [5.74, 6) is -2.20. The quantitative estimate of drug-likeness (QED) is 0.331. The Morgan fingerprint density at radius 1 is 1.14 bits per heavy atom. The van der Waals surface area contributed by atoms with E-state index >= 15 is 0 Å². The first-order chi connectivity index (χ1) is 9.99. The molecule has 21 heavy (non-hydrogen) atoms. The summed E-state index contributed by atoms with van der Waals surface area (Å²) < 4.78 is 9.83. The standard InChI is InChI=1S/C14H17NO6/c1-3-12(13(16)20-4-2)14(17)21-9-10-5-7-11(8-6-10)15(18)19/h5-8,12H,3-4,9H2,1-2H3. The van der Waals surface area contributed by atoms with Crippen LogP contribution in [0.1, 0.15) is 25.8 Å². The zero-order chi connectivity index (χ0) is 15.8. The smallest absolute Gasteiger partial charge is 0.320 e. The summed E-state index contributed by atoms with van der Waals surface area (Å²) in [5, 5.41) is 10.5. The van der Waals surface area contributed by atoms with Crippen molar-refractivity contribution < 1.29 is 24.0 Å². The molecule has 0 heterocycles. The van der Waals surface area contributed by atoms with Gasteiger partial charge in [0.2, 0.25) is 0 Å². The third kappa shape index (κ3) is 4.87. The second-order valence-corrected chi connectivity index (χ2v) is 4.24. The summed E-state index contributed by atoms with van der Waals surface area (Å²) in [5.41, 5.74) is 0.565. The minimum Gasteiger partial charge on any atom is -0.465 e. The number of rotatable bonds is 7. The zero-order valence-corrected chi connectivity index (χ0v) is 11.9. The molecule has 0 bridgehead atoms. The summed E-state index contributed by atoms with van der Waals surface area (Å²) in [7, 11) is 0. The van der Waals surface area contributed by atoms with Gasteiger partial charge in [0.25, 0.3) is 5.69 Å². The Labute approximate surface area is 122 Å². The molecule has 0 N–H and O–H groups in total. The van der Waals surface area contributed by atoms with Crippen LogP contribution < -0.4 is 0 Å². The average Bonchev–Trinajstić information content (AvgIpc) is 2.46. The predicted octanol–water partition coefficient (Wildman–Crippen LogP) is 2.23. The van der Waals surface area contributed by atoms with Crippen LogP contribution in [-0.4, -0.2) is 23.5 Å². The molecular weight excluding hydrogens is 278 g/mol. The molecule has 1 rings (SSSR count). The van der Waals surface area contributed by atoms with Gasteiger partial charge >= 0.3 is 11.9 Å². The van der Waals surface area contributed by atoms with Crippen molar-refractivity contribution in [3.63, 3.8) is 0 Å². The Hall–Kier alpha value is -2.44. The number of hydrogen-bond donors (Lipinski definition) is 0. The minimum absolute atomic E-state index is 0.0389. The molecule has 0 saturated heterocycles. The highest BCUT2D eigenvalue weighted by Gasteiger charge is 2.27. The third-order valence-electron chi connectivity index (χ3n) is 2.79. The fourth-order valence-electron chi connectivity index (χ4n) is 1.64. The van der Waals surface area contributed by atoms with Crippen molar-refractivity contribution in [1.82, 2.24) is 0 Å². The maximum Gasteiger partial charge on any atom is 0.320 e. The van der Waals surface area contributed by atoms with Gasteiger partial charge < -0.3 is 9.47 Å². The molecule has 0 amide bonds. The van der Waals surface area contributed by atoms with Gasteiger partial charge in [-0.1, -0.05) is 6.92 Å². The van der Waals surface area contributed by atoms with E-state index in [9.17, 15) is 19.7 Å². The normalized spacial score (nSPS) is 11.5. The number of hydrogen-bond acceptors (Lipinski definition) is 6. The molecule has 0 radical (unpaired) electrons. The number of benzene rings is 1. The number of nitro benzene ring substituents is 1. The van der Waals surface area contributed by atoms with Crippen molar-refractivity contribution >= 4 is 17.6 Å². The van der Waals surface area contributed by atoms with Crippen molar-refractivity contribution in [3.8, 4) is 0 Å². The summed E-state index contributed by atoms with van der Waals surface area (Å²) in [6.45, 7) is 3.50. The molecule has 0 saturated carbocycles. The van der Waals surface area contributed by atoms with E-state index < -0.39 is 22.8 Å². The molecule has 1 atom stereocenters. The molecule has 7 heteroatoms. The monoisotopic (exact) mass is 295 g/mol. The number of esters is 2. The number of carbonyl (C=O) groups is 2. The van der Waals surface area contributed by atoms with Crippen LogP contribution in [0.2, 0.25) is 0 Å². The summed E-state index contributed by atoms with van der Waals surface area (Å²) >= 11 is 0. The molecule has 1 aromatic carbocycles. The lowest BCUT2D eigenvalue weighted by molar-refractivity contribution is -0.384. The molecule has 0 aliphatic heterocycles. The maximum atomic E-state index is 11.8. The molecule has 114 valence electrons. The van der Waals surface area contributed by atoms with Crippen molar-refractivity contribution in [2.24, 2.45) is 5.92 Å². The molecule has 1 unspecified atom stereocenters. The lowest BCUT2D eigenvalue weighted by atomic mass is 10.1. The van der Waals surface area contributed by atoms with Gasteiger partial charge in [-0.05, 0) is 31.0 Å². The maximum absolute atomic E-state index is 11.8. The van der Waals surface area contributed by atoms with Gasteiger partial charge in [0.15, 0.2) is 5.92 Å². The van der Waals surface area contributed by atoms with Gasteiger partial charge in [-0.3, -0.25) is 19.7 Å². The second-order valence-electron chi connectivity index (χ2n) is 4.24. The zero-order valence-electron chi connectivity index (χ0n) is 11.9. The van der Waals surface area contributed by atoms with E-state index in [1.54, 1.807) is 13.8 Å². The lowest BCUT2D eigenvalue weighted by Crippen LogP contribution is -2.27. The predicted molar refractivity (Wildman–Crippen MR) is 73.3 cm³/mol. The van der Waals surface area contributed by atoms with Crippen LogP contribution >= 0.6 is 0 Å². The molecule has 0 fully saturated rings. The van der Waals surface area contributed by atoms with Crippen LogP contribution in [0.4, 0.5) is 5.69 Å². The second kappa shape index (κ2) is 7.98. The Kier molecular flexibility index (Phi) is 6.32. The summed E-state index contributed by atoms with van der Waals surface area (Å²) in [4.78, 5) is 33.4. The molecule has 0 aromatic heterocycles. The molecule has 0 aliphatic rings. The van der Waals surface area contributed by atoms with E-state index in [1.807, 2.05) is 0 Å². The van der Waals surface area contributed by atoms with Crippen LogP contribution in [0.15, 0.2) is 24.3 Å². The van der Waals surface area contributed by atoms with Gasteiger partial charge in [0.05, 0.1) is 11.5 Å². The molecule has 0 aliphatic carbocycles. The van der Waals surface area contributed by atoms with Gasteiger partial charge in [-0.25, -0.2) is 0 Å². The molecule has 7 nitrogen and oxygen atoms in total. The third-order valence-corrected chi connectivity index (χ3v) is 2.79.